The van der Waals surface area contributed by atoms with Crippen molar-refractivity contribution >= 4 is 30.0 Å². The van der Waals surface area contributed by atoms with E-state index in [1.165, 1.54) is 6.07 Å². The molecule has 0 unspecified atom stereocenters. The Labute approximate surface area is 193 Å². The van der Waals surface area contributed by atoms with Crippen molar-refractivity contribution < 1.29 is 34.4 Å². The first-order valence-corrected chi connectivity index (χ1v) is 10.7. The number of carbonyl (C=O) groups is 1. The van der Waals surface area contributed by atoms with Crippen molar-refractivity contribution in [3.05, 3.63) is 34.1 Å². The van der Waals surface area contributed by atoms with Crippen LogP contribution in [0.25, 0.3) is 0 Å². The van der Waals surface area contributed by atoms with E-state index in [1.54, 1.807) is 13.8 Å². The first-order valence-electron chi connectivity index (χ1n) is 10.3. The molecular formula is C22H31ClN2O7. The molecule has 0 saturated carbocycles. The van der Waals surface area contributed by atoms with Crippen LogP contribution in [0.1, 0.15) is 51.7 Å². The van der Waals surface area contributed by atoms with E-state index in [-0.39, 0.29) is 71.1 Å². The maximum Gasteiger partial charge on any atom is 0.253 e. The van der Waals surface area contributed by atoms with Gasteiger partial charge in [-0.05, 0) is 19.9 Å². The number of allylic oxidation sites excluding steroid dienone is 1. The van der Waals surface area contributed by atoms with Crippen LogP contribution >= 0.6 is 11.6 Å². The predicted molar refractivity (Wildman–Crippen MR) is 123 cm³/mol. The van der Waals surface area contributed by atoms with Gasteiger partial charge in [0, 0.05) is 32.2 Å². The third kappa shape index (κ3) is 6.44. The Balaban J connectivity index is 0.00000249. The Bertz CT molecular complexity index is 870. The fraction of sp³-hybridized carbons (Fsp3) is 0.500. The van der Waals surface area contributed by atoms with Gasteiger partial charge < -0.3 is 29.6 Å². The lowest BCUT2D eigenvalue weighted by molar-refractivity contribution is -0.117. The number of hydrogen-bond donors (Lipinski definition) is 3. The number of carbonyl (C=O) groups excluding carboxylic acids is 1. The first-order chi connectivity index (χ1) is 15.3. The number of nitrogens with zero attached hydrogens (tertiary/aromatic N) is 2. The summed E-state index contributed by atoms with van der Waals surface area (Å²) in [6.45, 7) is 10.2. The number of ether oxygens (including phenoxy) is 2. The molecule has 10 heteroatoms. The Morgan fingerprint density at radius 3 is 2.56 bits per heavy atom. The Morgan fingerprint density at radius 2 is 2.03 bits per heavy atom. The molecule has 1 atom stereocenters. The summed E-state index contributed by atoms with van der Waals surface area (Å²) >= 11 is 6.59. The Hall–Kier alpha value is -2.62. The zero-order chi connectivity index (χ0) is 24.3. The molecule has 0 bridgehead atoms. The van der Waals surface area contributed by atoms with E-state index in [4.69, 9.17) is 31.0 Å². The number of aliphatic hydroxyl groups excluding tert-OH is 3. The third-order valence-electron chi connectivity index (χ3n) is 4.49. The monoisotopic (exact) mass is 470 g/mol. The summed E-state index contributed by atoms with van der Waals surface area (Å²) < 4.78 is 11.6. The predicted octanol–water partition coefficient (Wildman–Crippen LogP) is 3.57. The second kappa shape index (κ2) is 13.0. The topological polar surface area (TPSA) is 130 Å². The number of rotatable bonds is 9. The zero-order valence-corrected chi connectivity index (χ0v) is 19.6. The van der Waals surface area contributed by atoms with Crippen LogP contribution in [-0.2, 0) is 16.2 Å². The molecule has 1 aromatic rings. The fourth-order valence-electron chi connectivity index (χ4n) is 2.91. The van der Waals surface area contributed by atoms with E-state index in [0.717, 1.165) is 6.08 Å². The molecule has 0 aromatic heterocycles. The number of halogens is 1. The standard InChI is InChI=1S/C20H25ClN2O7.C2H6/c1-4-23-19(30-22-3)13-10-15(28-8-7-24)14(11-25)18(17(13)21)29-20(2)6-5-12(26)9-16(20)27;1-2/h9-10,24-25,27H,3-8,11H2,1-2H3;1-2H3/t20-;/m0./s1. The lowest BCUT2D eigenvalue weighted by Gasteiger charge is -2.34. The number of hydrogen-bond acceptors (Lipinski definition) is 9. The van der Waals surface area contributed by atoms with Crippen LogP contribution in [0, 0.1) is 0 Å². The van der Waals surface area contributed by atoms with Gasteiger partial charge in [-0.3, -0.25) is 4.79 Å². The molecule has 1 aromatic carbocycles. The highest BCUT2D eigenvalue weighted by Crippen LogP contribution is 2.43. The van der Waals surface area contributed by atoms with Gasteiger partial charge in [-0.2, -0.15) is 0 Å². The van der Waals surface area contributed by atoms with Crippen molar-refractivity contribution in [2.24, 2.45) is 10.1 Å². The van der Waals surface area contributed by atoms with Gasteiger partial charge >= 0.3 is 0 Å². The van der Waals surface area contributed by atoms with Crippen LogP contribution in [0.4, 0.5) is 0 Å². The maximum atomic E-state index is 11.6. The summed E-state index contributed by atoms with van der Waals surface area (Å²) in [6, 6.07) is 1.48. The smallest absolute Gasteiger partial charge is 0.253 e. The summed E-state index contributed by atoms with van der Waals surface area (Å²) in [5.41, 5.74) is -0.802. The van der Waals surface area contributed by atoms with Crippen molar-refractivity contribution in [1.82, 2.24) is 0 Å². The van der Waals surface area contributed by atoms with Crippen molar-refractivity contribution in [2.75, 3.05) is 19.8 Å². The molecule has 32 heavy (non-hydrogen) atoms. The van der Waals surface area contributed by atoms with Crippen molar-refractivity contribution in [1.29, 1.82) is 0 Å². The minimum Gasteiger partial charge on any atom is -0.508 e. The van der Waals surface area contributed by atoms with E-state index >= 15 is 0 Å². The van der Waals surface area contributed by atoms with Gasteiger partial charge in [0.2, 0.25) is 0 Å². The minimum absolute atomic E-state index is 0.0258. The van der Waals surface area contributed by atoms with E-state index in [1.807, 2.05) is 13.8 Å². The van der Waals surface area contributed by atoms with Crippen molar-refractivity contribution in [2.45, 2.75) is 52.7 Å². The van der Waals surface area contributed by atoms with Crippen LogP contribution in [0.5, 0.6) is 11.5 Å². The normalized spacial score (nSPS) is 18.3. The molecule has 1 aliphatic rings. The number of benzene rings is 1. The van der Waals surface area contributed by atoms with E-state index in [2.05, 4.69) is 16.9 Å². The summed E-state index contributed by atoms with van der Waals surface area (Å²) in [6.07, 6.45) is 1.48. The van der Waals surface area contributed by atoms with Gasteiger partial charge in [0.05, 0.1) is 29.4 Å². The average Bonchev–Trinajstić information content (AvgIpc) is 2.78. The molecule has 9 nitrogen and oxygen atoms in total. The molecule has 0 fully saturated rings. The zero-order valence-electron chi connectivity index (χ0n) is 18.9. The molecule has 178 valence electrons. The Kier molecular flexibility index (Phi) is 11.2. The summed E-state index contributed by atoms with van der Waals surface area (Å²) in [5, 5.41) is 32.9. The van der Waals surface area contributed by atoms with Gasteiger partial charge in [-0.25, -0.2) is 4.99 Å². The van der Waals surface area contributed by atoms with Crippen LogP contribution in [0.2, 0.25) is 5.02 Å². The van der Waals surface area contributed by atoms with Crippen LogP contribution < -0.4 is 9.47 Å². The van der Waals surface area contributed by atoms with Crippen LogP contribution in [0.15, 0.2) is 28.0 Å². The van der Waals surface area contributed by atoms with Gasteiger partial charge in [-0.15, -0.1) is 0 Å². The Morgan fingerprint density at radius 1 is 1.34 bits per heavy atom. The summed E-state index contributed by atoms with van der Waals surface area (Å²) in [4.78, 5) is 21.0. The number of oxime groups is 1. The first kappa shape index (κ1) is 27.4. The lowest BCUT2D eigenvalue weighted by Crippen LogP contribution is -2.38. The molecular weight excluding hydrogens is 440 g/mol. The third-order valence-corrected chi connectivity index (χ3v) is 4.86. The summed E-state index contributed by atoms with van der Waals surface area (Å²) in [7, 11) is 0. The van der Waals surface area contributed by atoms with E-state index in [9.17, 15) is 15.0 Å². The van der Waals surface area contributed by atoms with E-state index < -0.39 is 12.2 Å². The van der Waals surface area contributed by atoms with Crippen molar-refractivity contribution in [3.8, 4) is 11.5 Å². The van der Waals surface area contributed by atoms with E-state index in [0.29, 0.717) is 6.54 Å². The molecule has 0 radical (unpaired) electrons. The van der Waals surface area contributed by atoms with Gasteiger partial charge in [0.1, 0.15) is 23.9 Å². The van der Waals surface area contributed by atoms with Gasteiger partial charge in [0.15, 0.2) is 11.4 Å². The van der Waals surface area contributed by atoms with Crippen LogP contribution in [0.3, 0.4) is 0 Å². The molecule has 1 aliphatic carbocycles. The lowest BCUT2D eigenvalue weighted by atomic mass is 9.89. The highest BCUT2D eigenvalue weighted by Gasteiger charge is 2.38. The van der Waals surface area contributed by atoms with Gasteiger partial charge in [-0.1, -0.05) is 30.6 Å². The quantitative estimate of drug-likeness (QED) is 0.285. The average molecular weight is 471 g/mol. The number of aliphatic hydroxyl groups is 3. The molecule has 3 N–H and O–H groups in total. The molecule has 2 rings (SSSR count). The number of aliphatic imine (C=N–C) groups is 1. The van der Waals surface area contributed by atoms with Crippen molar-refractivity contribution in [3.63, 3.8) is 0 Å². The van der Waals surface area contributed by atoms with Crippen LogP contribution in [-0.4, -0.2) is 59.1 Å². The molecule has 0 heterocycles. The largest absolute Gasteiger partial charge is 0.508 e. The SMILES string of the molecule is C=NOC(=NCC)c1cc(OCCO)c(CO)c(O[C@@]2(C)CCC(=O)C=C2O)c1Cl.CC. The highest BCUT2D eigenvalue weighted by atomic mass is 35.5. The second-order valence-electron chi connectivity index (χ2n) is 6.60. The highest BCUT2D eigenvalue weighted by molar-refractivity contribution is 6.35. The fourth-order valence-corrected chi connectivity index (χ4v) is 3.20. The summed E-state index contributed by atoms with van der Waals surface area (Å²) in [5.74, 6) is -0.224. The molecule has 0 amide bonds. The minimum atomic E-state index is -1.26. The maximum absolute atomic E-state index is 11.6. The molecule has 0 saturated heterocycles. The molecule has 0 aliphatic heterocycles. The number of ketones is 1. The second-order valence-corrected chi connectivity index (χ2v) is 6.98. The molecule has 0 spiro atoms. The van der Waals surface area contributed by atoms with Gasteiger partial charge in [0.25, 0.3) is 5.90 Å².